The summed E-state index contributed by atoms with van der Waals surface area (Å²) in [7, 11) is 0. The standard InChI is InChI=1S/C37H52O14/c38-35(39)3-1-2-8-37(36(40)41,27-29-4-6-31-33(25-29)50-23-19-46-15-11-42-9-13-44-17-21-48-31)28-30-5-7-32-34(26-30)51-24-20-47-16-12-43-10-14-45-18-22-49-32/h4-7,25-26H,1-3,8-24,27-28H2,(H,38,39)(H,40,41). The second-order valence-corrected chi connectivity index (χ2v) is 12.2. The molecule has 51 heavy (non-hydrogen) atoms. The maximum atomic E-state index is 13.3. The van der Waals surface area contributed by atoms with Crippen LogP contribution in [0, 0.1) is 5.41 Å². The summed E-state index contributed by atoms with van der Waals surface area (Å²) in [6, 6.07) is 10.9. The van der Waals surface area contributed by atoms with E-state index in [-0.39, 0.29) is 38.9 Å². The topological polar surface area (TPSA) is 167 Å². The van der Waals surface area contributed by atoms with Crippen molar-refractivity contribution >= 4 is 11.9 Å². The molecule has 0 saturated heterocycles. The van der Waals surface area contributed by atoms with E-state index in [2.05, 4.69) is 0 Å². The summed E-state index contributed by atoms with van der Waals surface area (Å²) in [4.78, 5) is 24.6. The number of carbonyl (C=O) groups is 2. The van der Waals surface area contributed by atoms with E-state index in [1.807, 2.05) is 24.3 Å². The fourth-order valence-electron chi connectivity index (χ4n) is 5.73. The van der Waals surface area contributed by atoms with Gasteiger partial charge in [0.15, 0.2) is 23.0 Å². The van der Waals surface area contributed by atoms with Crippen LogP contribution in [0.1, 0.15) is 36.8 Å². The molecule has 4 rings (SSSR count). The normalized spacial score (nSPS) is 17.9. The molecule has 0 spiro atoms. The van der Waals surface area contributed by atoms with Gasteiger partial charge in [0.25, 0.3) is 0 Å². The van der Waals surface area contributed by atoms with Gasteiger partial charge in [0.2, 0.25) is 0 Å². The summed E-state index contributed by atoms with van der Waals surface area (Å²) in [5.41, 5.74) is 0.184. The van der Waals surface area contributed by atoms with Crippen LogP contribution in [0.15, 0.2) is 36.4 Å². The zero-order chi connectivity index (χ0) is 36.0. The van der Waals surface area contributed by atoms with E-state index in [1.165, 1.54) is 0 Å². The summed E-state index contributed by atoms with van der Waals surface area (Å²) in [6.45, 7) is 6.09. The van der Waals surface area contributed by atoms with Gasteiger partial charge in [0.1, 0.15) is 26.4 Å². The molecular weight excluding hydrogens is 668 g/mol. The van der Waals surface area contributed by atoms with Gasteiger partial charge in [-0.3, -0.25) is 9.59 Å². The van der Waals surface area contributed by atoms with Crippen molar-refractivity contribution in [3.63, 3.8) is 0 Å². The molecular formula is C37H52O14. The van der Waals surface area contributed by atoms with Crippen LogP contribution in [0.3, 0.4) is 0 Å². The third-order valence-electron chi connectivity index (χ3n) is 8.28. The quantitative estimate of drug-likeness (QED) is 0.340. The molecule has 14 heteroatoms. The Bertz CT molecular complexity index is 1240. The average Bonchev–Trinajstić information content (AvgIpc) is 3.13. The van der Waals surface area contributed by atoms with Crippen molar-refractivity contribution in [2.24, 2.45) is 5.41 Å². The minimum Gasteiger partial charge on any atom is -0.487 e. The van der Waals surface area contributed by atoms with E-state index < -0.39 is 17.4 Å². The number of carboxylic acid groups (broad SMARTS) is 2. The highest BCUT2D eigenvalue weighted by Crippen LogP contribution is 2.39. The van der Waals surface area contributed by atoms with E-state index in [9.17, 15) is 19.8 Å². The lowest BCUT2D eigenvalue weighted by atomic mass is 9.73. The van der Waals surface area contributed by atoms with Crippen LogP contribution in [0.5, 0.6) is 23.0 Å². The number of hydrogen-bond acceptors (Lipinski definition) is 12. The molecule has 2 N–H and O–H groups in total. The molecule has 2 aliphatic heterocycles. The minimum absolute atomic E-state index is 0.0421. The van der Waals surface area contributed by atoms with Gasteiger partial charge >= 0.3 is 11.9 Å². The number of hydrogen-bond donors (Lipinski definition) is 2. The van der Waals surface area contributed by atoms with Crippen LogP contribution in [0.2, 0.25) is 0 Å². The smallest absolute Gasteiger partial charge is 0.310 e. The van der Waals surface area contributed by atoms with Gasteiger partial charge < -0.3 is 57.6 Å². The Balaban J connectivity index is 1.58. The van der Waals surface area contributed by atoms with Gasteiger partial charge in [0, 0.05) is 6.42 Å². The van der Waals surface area contributed by atoms with Crippen LogP contribution in [0.4, 0.5) is 0 Å². The highest BCUT2D eigenvalue weighted by molar-refractivity contribution is 5.76. The van der Waals surface area contributed by atoms with Gasteiger partial charge in [0.05, 0.1) is 84.7 Å². The fourth-order valence-corrected chi connectivity index (χ4v) is 5.73. The zero-order valence-electron chi connectivity index (χ0n) is 29.3. The predicted octanol–water partition coefficient (Wildman–Crippen LogP) is 3.83. The van der Waals surface area contributed by atoms with E-state index >= 15 is 0 Å². The van der Waals surface area contributed by atoms with E-state index in [4.69, 9.17) is 47.4 Å². The molecule has 2 aromatic rings. The second-order valence-electron chi connectivity index (χ2n) is 12.2. The highest BCUT2D eigenvalue weighted by atomic mass is 16.6. The Morgan fingerprint density at radius 1 is 0.490 bits per heavy atom. The molecule has 0 unspecified atom stereocenters. The van der Waals surface area contributed by atoms with Gasteiger partial charge in [-0.05, 0) is 61.1 Å². The number of ether oxygens (including phenoxy) is 10. The summed E-state index contributed by atoms with van der Waals surface area (Å²) in [5, 5.41) is 20.1. The monoisotopic (exact) mass is 720 g/mol. The van der Waals surface area contributed by atoms with Crippen LogP contribution in [0.25, 0.3) is 0 Å². The number of fused-ring (bicyclic) bond motifs is 2. The summed E-state index contributed by atoms with van der Waals surface area (Å²) in [5.74, 6) is 0.0570. The Morgan fingerprint density at radius 2 is 0.843 bits per heavy atom. The van der Waals surface area contributed by atoms with Crippen molar-refractivity contribution in [3.8, 4) is 23.0 Å². The first-order chi connectivity index (χ1) is 24.9. The molecule has 2 aliphatic rings. The Morgan fingerprint density at radius 3 is 1.20 bits per heavy atom. The molecule has 2 aromatic carbocycles. The van der Waals surface area contributed by atoms with Crippen molar-refractivity contribution in [2.75, 3.05) is 106 Å². The van der Waals surface area contributed by atoms with E-state index in [1.54, 1.807) is 12.1 Å². The number of unbranched alkanes of at least 4 members (excludes halogenated alkanes) is 1. The third-order valence-corrected chi connectivity index (χ3v) is 8.28. The first kappa shape index (κ1) is 40.1. The van der Waals surface area contributed by atoms with Gasteiger partial charge in [-0.2, -0.15) is 0 Å². The molecule has 14 nitrogen and oxygen atoms in total. The number of carboxylic acids is 2. The lowest BCUT2D eigenvalue weighted by Gasteiger charge is -2.31. The number of rotatable bonds is 10. The molecule has 0 saturated carbocycles. The van der Waals surface area contributed by atoms with Crippen LogP contribution >= 0.6 is 0 Å². The lowest BCUT2D eigenvalue weighted by molar-refractivity contribution is -0.149. The van der Waals surface area contributed by atoms with Crippen LogP contribution < -0.4 is 18.9 Å². The summed E-state index contributed by atoms with van der Waals surface area (Å²) in [6.07, 6.45) is 1.29. The fraction of sp³-hybridized carbons (Fsp3) is 0.622. The van der Waals surface area contributed by atoms with Crippen molar-refractivity contribution in [1.82, 2.24) is 0 Å². The Kier molecular flexibility index (Phi) is 18.1. The van der Waals surface area contributed by atoms with Crippen molar-refractivity contribution in [1.29, 1.82) is 0 Å². The van der Waals surface area contributed by atoms with Crippen molar-refractivity contribution in [3.05, 3.63) is 47.5 Å². The molecule has 0 aliphatic carbocycles. The molecule has 0 fully saturated rings. The van der Waals surface area contributed by atoms with Gasteiger partial charge in [-0.1, -0.05) is 18.6 Å². The van der Waals surface area contributed by atoms with E-state index in [0.717, 1.165) is 11.1 Å². The summed E-state index contributed by atoms with van der Waals surface area (Å²) < 4.78 is 57.4. The minimum atomic E-state index is -1.28. The first-order valence-electron chi connectivity index (χ1n) is 17.6. The Hall–Kier alpha value is -3.66. The lowest BCUT2D eigenvalue weighted by Crippen LogP contribution is -2.36. The molecule has 284 valence electrons. The largest absolute Gasteiger partial charge is 0.487 e. The first-order valence-corrected chi connectivity index (χ1v) is 17.6. The molecule has 0 bridgehead atoms. The highest BCUT2D eigenvalue weighted by Gasteiger charge is 2.39. The third kappa shape index (κ3) is 14.8. The molecule has 0 amide bonds. The maximum absolute atomic E-state index is 13.3. The van der Waals surface area contributed by atoms with E-state index in [0.29, 0.717) is 128 Å². The SMILES string of the molecule is O=C(O)CCCCC(Cc1ccc2c(c1)OCCOCCOCCOCCO2)(Cc1ccc2c(c1)OCCOCCOCCOCCO2)C(=O)O. The van der Waals surface area contributed by atoms with Crippen molar-refractivity contribution in [2.45, 2.75) is 38.5 Å². The van der Waals surface area contributed by atoms with Gasteiger partial charge in [-0.25, -0.2) is 0 Å². The summed E-state index contributed by atoms with van der Waals surface area (Å²) >= 11 is 0. The average molecular weight is 721 g/mol. The molecule has 0 atom stereocenters. The zero-order valence-corrected chi connectivity index (χ0v) is 29.3. The number of aliphatic carboxylic acids is 2. The molecule has 2 heterocycles. The number of benzene rings is 2. The van der Waals surface area contributed by atoms with Gasteiger partial charge in [-0.15, -0.1) is 0 Å². The van der Waals surface area contributed by atoms with Crippen LogP contribution in [-0.2, 0) is 50.9 Å². The maximum Gasteiger partial charge on any atom is 0.310 e. The van der Waals surface area contributed by atoms with Crippen molar-refractivity contribution < 1.29 is 67.2 Å². The molecule has 0 aromatic heterocycles. The van der Waals surface area contributed by atoms with Crippen LogP contribution in [-0.4, -0.2) is 128 Å². The molecule has 0 radical (unpaired) electrons. The second kappa shape index (κ2) is 23.0. The predicted molar refractivity (Wildman–Crippen MR) is 183 cm³/mol. The Labute approximate surface area is 299 Å².